The van der Waals surface area contributed by atoms with E-state index in [1.165, 1.54) is 7.11 Å². The number of rotatable bonds is 3. The van der Waals surface area contributed by atoms with E-state index in [1.807, 2.05) is 0 Å². The second-order valence-corrected chi connectivity index (χ2v) is 6.95. The van der Waals surface area contributed by atoms with Crippen LogP contribution in [0.1, 0.15) is 46.5 Å². The van der Waals surface area contributed by atoms with Crippen molar-refractivity contribution >= 4 is 17.9 Å². The summed E-state index contributed by atoms with van der Waals surface area (Å²) in [5, 5.41) is 2.42. The van der Waals surface area contributed by atoms with Gasteiger partial charge in [0.15, 0.2) is 0 Å². The number of carbonyl (C=O) groups is 3. The highest BCUT2D eigenvalue weighted by Crippen LogP contribution is 2.41. The van der Waals surface area contributed by atoms with Crippen molar-refractivity contribution in [3.8, 4) is 0 Å². The van der Waals surface area contributed by atoms with Crippen LogP contribution in [0.4, 0.5) is 4.79 Å². The average molecular weight is 296 g/mol. The number of carbonyl (C=O) groups excluding carboxylic acids is 3. The van der Waals surface area contributed by atoms with Gasteiger partial charge in [0.25, 0.3) is 5.91 Å². The number of imide groups is 1. The summed E-state index contributed by atoms with van der Waals surface area (Å²) in [6, 6.07) is -0.397. The van der Waals surface area contributed by atoms with E-state index in [-0.39, 0.29) is 18.4 Å². The molecule has 0 bridgehead atoms. The molecule has 0 aromatic carbocycles. The Bertz CT molecular complexity index is 474. The van der Waals surface area contributed by atoms with Gasteiger partial charge in [-0.15, -0.1) is 0 Å². The predicted octanol–water partition coefficient (Wildman–Crippen LogP) is 1.69. The standard InChI is InChI=1S/C15H24N2O4/c1-10-6-5-7-15(8-10)11(18)16-13(20)17(15)9-14(2,3)12(19)21-4/h10H,5-9H2,1-4H3,(H,16,18,20). The Kier molecular flexibility index (Phi) is 4.00. The summed E-state index contributed by atoms with van der Waals surface area (Å²) in [6.07, 6.45) is 3.29. The maximum absolute atomic E-state index is 12.4. The molecular weight excluding hydrogens is 272 g/mol. The summed E-state index contributed by atoms with van der Waals surface area (Å²) in [5.41, 5.74) is -1.63. The lowest BCUT2D eigenvalue weighted by Crippen LogP contribution is -2.55. The lowest BCUT2D eigenvalue weighted by Gasteiger charge is -2.42. The van der Waals surface area contributed by atoms with Crippen molar-refractivity contribution in [2.24, 2.45) is 11.3 Å². The fourth-order valence-corrected chi connectivity index (χ4v) is 3.53. The summed E-state index contributed by atoms with van der Waals surface area (Å²) in [7, 11) is 1.33. The molecule has 2 atom stereocenters. The first-order valence-corrected chi connectivity index (χ1v) is 7.44. The summed E-state index contributed by atoms with van der Waals surface area (Å²) in [5.74, 6) is -0.215. The molecule has 1 heterocycles. The zero-order chi connectivity index (χ0) is 15.8. The molecule has 1 saturated carbocycles. The average Bonchev–Trinajstić information content (AvgIpc) is 2.62. The van der Waals surface area contributed by atoms with Crippen LogP contribution < -0.4 is 5.32 Å². The SMILES string of the molecule is COC(=O)C(C)(C)CN1C(=O)NC(=O)C12CCCC(C)C2. The maximum atomic E-state index is 12.4. The number of urea groups is 1. The second-order valence-electron chi connectivity index (χ2n) is 6.95. The topological polar surface area (TPSA) is 75.7 Å². The minimum absolute atomic E-state index is 0.184. The predicted molar refractivity (Wildman–Crippen MR) is 76.4 cm³/mol. The monoisotopic (exact) mass is 296 g/mol. The molecule has 21 heavy (non-hydrogen) atoms. The minimum Gasteiger partial charge on any atom is -0.469 e. The van der Waals surface area contributed by atoms with Gasteiger partial charge in [-0.2, -0.15) is 0 Å². The van der Waals surface area contributed by atoms with Gasteiger partial charge in [-0.3, -0.25) is 14.9 Å². The molecule has 2 aliphatic rings. The smallest absolute Gasteiger partial charge is 0.325 e. The Morgan fingerprint density at radius 2 is 2.14 bits per heavy atom. The van der Waals surface area contributed by atoms with Crippen LogP contribution in [0.5, 0.6) is 0 Å². The maximum Gasteiger partial charge on any atom is 0.325 e. The van der Waals surface area contributed by atoms with Crippen LogP contribution >= 0.6 is 0 Å². The van der Waals surface area contributed by atoms with Gasteiger partial charge >= 0.3 is 12.0 Å². The Hall–Kier alpha value is -1.59. The fourth-order valence-electron chi connectivity index (χ4n) is 3.53. The minimum atomic E-state index is -0.843. The van der Waals surface area contributed by atoms with Gasteiger partial charge in [0.2, 0.25) is 0 Å². The summed E-state index contributed by atoms with van der Waals surface area (Å²) < 4.78 is 4.80. The Morgan fingerprint density at radius 3 is 2.71 bits per heavy atom. The van der Waals surface area contributed by atoms with Crippen molar-refractivity contribution < 1.29 is 19.1 Å². The first kappa shape index (κ1) is 15.8. The third-order valence-corrected chi connectivity index (χ3v) is 4.67. The van der Waals surface area contributed by atoms with Crippen molar-refractivity contribution in [3.05, 3.63) is 0 Å². The van der Waals surface area contributed by atoms with Crippen molar-refractivity contribution in [2.75, 3.05) is 13.7 Å². The number of hydrogen-bond acceptors (Lipinski definition) is 4. The lowest BCUT2D eigenvalue weighted by molar-refractivity contribution is -0.152. The van der Waals surface area contributed by atoms with Gasteiger partial charge in [-0.05, 0) is 32.6 Å². The third kappa shape index (κ3) is 2.63. The molecule has 2 fully saturated rings. The molecular formula is C15H24N2O4. The third-order valence-electron chi connectivity index (χ3n) is 4.67. The molecule has 1 N–H and O–H groups in total. The van der Waals surface area contributed by atoms with Gasteiger partial charge in [-0.1, -0.05) is 19.8 Å². The summed E-state index contributed by atoms with van der Waals surface area (Å²) in [4.78, 5) is 38.0. The van der Waals surface area contributed by atoms with Gasteiger partial charge in [0, 0.05) is 6.54 Å². The van der Waals surface area contributed by atoms with Crippen LogP contribution in [0.2, 0.25) is 0 Å². The van der Waals surface area contributed by atoms with Crippen LogP contribution in [0.25, 0.3) is 0 Å². The number of nitrogens with one attached hydrogen (secondary N) is 1. The molecule has 3 amide bonds. The van der Waals surface area contributed by atoms with E-state index in [0.717, 1.165) is 12.8 Å². The number of hydrogen-bond donors (Lipinski definition) is 1. The molecule has 0 aromatic rings. The van der Waals surface area contributed by atoms with E-state index in [4.69, 9.17) is 4.74 Å². The zero-order valence-electron chi connectivity index (χ0n) is 13.2. The van der Waals surface area contributed by atoms with Gasteiger partial charge in [0.1, 0.15) is 5.54 Å². The summed E-state index contributed by atoms with van der Waals surface area (Å²) in [6.45, 7) is 5.74. The molecule has 6 heteroatoms. The van der Waals surface area contributed by atoms with Gasteiger partial charge in [-0.25, -0.2) is 4.79 Å². The number of amides is 3. The zero-order valence-corrected chi connectivity index (χ0v) is 13.2. The number of nitrogens with zero attached hydrogens (tertiary/aromatic N) is 1. The molecule has 1 aliphatic heterocycles. The highest BCUT2D eigenvalue weighted by Gasteiger charge is 2.55. The normalized spacial score (nSPS) is 29.7. The highest BCUT2D eigenvalue weighted by atomic mass is 16.5. The van der Waals surface area contributed by atoms with Crippen LogP contribution in [-0.2, 0) is 14.3 Å². The number of esters is 1. The van der Waals surface area contributed by atoms with Crippen molar-refractivity contribution in [2.45, 2.75) is 52.0 Å². The lowest BCUT2D eigenvalue weighted by atomic mass is 9.74. The van der Waals surface area contributed by atoms with Crippen LogP contribution in [-0.4, -0.2) is 42.0 Å². The summed E-state index contributed by atoms with van der Waals surface area (Å²) >= 11 is 0. The van der Waals surface area contributed by atoms with Crippen molar-refractivity contribution in [3.63, 3.8) is 0 Å². The Morgan fingerprint density at radius 1 is 1.48 bits per heavy atom. The van der Waals surface area contributed by atoms with E-state index < -0.39 is 17.0 Å². The van der Waals surface area contributed by atoms with Gasteiger partial charge < -0.3 is 9.64 Å². The Labute approximate surface area is 125 Å². The van der Waals surface area contributed by atoms with Crippen LogP contribution in [0.15, 0.2) is 0 Å². The molecule has 1 aliphatic carbocycles. The Balaban J connectivity index is 2.29. The van der Waals surface area contributed by atoms with E-state index in [2.05, 4.69) is 12.2 Å². The molecule has 0 aromatic heterocycles. The fraction of sp³-hybridized carbons (Fsp3) is 0.800. The quantitative estimate of drug-likeness (QED) is 0.635. The van der Waals surface area contributed by atoms with Crippen LogP contribution in [0.3, 0.4) is 0 Å². The molecule has 1 saturated heterocycles. The largest absolute Gasteiger partial charge is 0.469 e. The molecule has 0 radical (unpaired) electrons. The van der Waals surface area contributed by atoms with E-state index in [0.29, 0.717) is 18.8 Å². The number of methoxy groups -OCH3 is 1. The van der Waals surface area contributed by atoms with Crippen molar-refractivity contribution in [1.82, 2.24) is 10.2 Å². The highest BCUT2D eigenvalue weighted by molar-refractivity contribution is 6.07. The molecule has 2 unspecified atom stereocenters. The first-order valence-electron chi connectivity index (χ1n) is 7.44. The second kappa shape index (κ2) is 5.31. The van der Waals surface area contributed by atoms with Gasteiger partial charge in [0.05, 0.1) is 12.5 Å². The molecule has 2 rings (SSSR count). The van der Waals surface area contributed by atoms with Crippen molar-refractivity contribution in [1.29, 1.82) is 0 Å². The molecule has 6 nitrogen and oxygen atoms in total. The van der Waals surface area contributed by atoms with Crippen LogP contribution in [0, 0.1) is 11.3 Å². The number of ether oxygens (including phenoxy) is 1. The molecule has 1 spiro atoms. The van der Waals surface area contributed by atoms with E-state index >= 15 is 0 Å². The van der Waals surface area contributed by atoms with E-state index in [9.17, 15) is 14.4 Å². The van der Waals surface area contributed by atoms with E-state index in [1.54, 1.807) is 18.7 Å². The first-order chi connectivity index (χ1) is 9.73. The molecule has 118 valence electrons.